The Morgan fingerprint density at radius 1 is 1.25 bits per heavy atom. The minimum Gasteiger partial charge on any atom is -0.358 e. The average molecular weight is 405 g/mol. The van der Waals surface area contributed by atoms with E-state index in [1.165, 1.54) is 23.8 Å². The zero-order valence-corrected chi connectivity index (χ0v) is 17.2. The lowest BCUT2D eigenvalue weighted by molar-refractivity contribution is -0.134. The fourth-order valence-corrected chi connectivity index (χ4v) is 3.83. The van der Waals surface area contributed by atoms with E-state index < -0.39 is 0 Å². The van der Waals surface area contributed by atoms with Gasteiger partial charge in [0.1, 0.15) is 5.88 Å². The summed E-state index contributed by atoms with van der Waals surface area (Å²) in [6, 6.07) is 8.41. The smallest absolute Gasteiger partial charge is 0.239 e. The number of alkyl halides is 1. The van der Waals surface area contributed by atoms with Crippen molar-refractivity contribution in [3.8, 4) is 0 Å². The van der Waals surface area contributed by atoms with Crippen LogP contribution in [0, 0.1) is 6.92 Å². The van der Waals surface area contributed by atoms with Gasteiger partial charge in [-0.25, -0.2) is 0 Å². The van der Waals surface area contributed by atoms with Crippen molar-refractivity contribution in [3.63, 3.8) is 0 Å². The number of H-pyrrole nitrogens is 1. The molecule has 0 atom stereocenters. The van der Waals surface area contributed by atoms with Crippen LogP contribution in [-0.4, -0.2) is 71.7 Å². The first-order chi connectivity index (χ1) is 13.5. The molecule has 6 nitrogen and oxygen atoms in total. The Morgan fingerprint density at radius 3 is 2.79 bits per heavy atom. The summed E-state index contributed by atoms with van der Waals surface area (Å²) >= 11 is 5.72. The number of nitrogens with zero attached hydrogens (tertiary/aromatic N) is 2. The molecule has 1 aromatic carbocycles. The predicted molar refractivity (Wildman–Crippen MR) is 113 cm³/mol. The number of carbonyl (C=O) groups excluding carboxylic acids is 2. The quantitative estimate of drug-likeness (QED) is 0.630. The van der Waals surface area contributed by atoms with Gasteiger partial charge < -0.3 is 20.1 Å². The lowest BCUT2D eigenvalue weighted by atomic mass is 10.2. The van der Waals surface area contributed by atoms with Crippen molar-refractivity contribution in [2.24, 2.45) is 0 Å². The molecule has 1 aliphatic heterocycles. The second kappa shape index (κ2) is 9.94. The lowest BCUT2D eigenvalue weighted by Gasteiger charge is -2.24. The second-order valence-electron chi connectivity index (χ2n) is 7.48. The number of aromatic amines is 1. The molecule has 2 N–H and O–H groups in total. The fourth-order valence-electron chi connectivity index (χ4n) is 3.66. The average Bonchev–Trinajstić information content (AvgIpc) is 3.33. The Morgan fingerprint density at radius 2 is 2.04 bits per heavy atom. The highest BCUT2D eigenvalue weighted by Gasteiger charge is 2.19. The number of halogens is 1. The molecule has 2 heterocycles. The third-order valence-electron chi connectivity index (χ3n) is 5.23. The predicted octanol–water partition coefficient (Wildman–Crippen LogP) is 2.30. The Bertz CT molecular complexity index is 814. The van der Waals surface area contributed by atoms with Gasteiger partial charge in [-0.1, -0.05) is 11.6 Å². The molecule has 2 amide bonds. The van der Waals surface area contributed by atoms with E-state index in [-0.39, 0.29) is 24.2 Å². The van der Waals surface area contributed by atoms with E-state index in [4.69, 9.17) is 11.6 Å². The summed E-state index contributed by atoms with van der Waals surface area (Å²) in [7, 11) is 0. The molecule has 1 fully saturated rings. The number of likely N-dealkylation sites (tertiary alicyclic amines) is 1. The highest BCUT2D eigenvalue weighted by Crippen LogP contribution is 2.17. The van der Waals surface area contributed by atoms with Crippen molar-refractivity contribution in [2.75, 3.05) is 45.1 Å². The first kappa shape index (κ1) is 20.7. The summed E-state index contributed by atoms with van der Waals surface area (Å²) < 4.78 is 0. The van der Waals surface area contributed by atoms with Crippen molar-refractivity contribution < 1.29 is 9.59 Å². The Hall–Kier alpha value is -2.05. The minimum absolute atomic E-state index is 0.0608. The van der Waals surface area contributed by atoms with Gasteiger partial charge in [-0.2, -0.15) is 0 Å². The van der Waals surface area contributed by atoms with Crippen LogP contribution in [0.25, 0.3) is 10.9 Å². The summed E-state index contributed by atoms with van der Waals surface area (Å²) in [5.74, 6) is -0.435. The van der Waals surface area contributed by atoms with Gasteiger partial charge in [-0.15, -0.1) is 11.6 Å². The molecule has 0 saturated carbocycles. The van der Waals surface area contributed by atoms with Crippen LogP contribution in [0.2, 0.25) is 0 Å². The summed E-state index contributed by atoms with van der Waals surface area (Å²) in [6.07, 6.45) is 3.13. The summed E-state index contributed by atoms with van der Waals surface area (Å²) in [5.41, 5.74) is 3.42. The number of benzene rings is 1. The third kappa shape index (κ3) is 5.72. The van der Waals surface area contributed by atoms with E-state index in [0.29, 0.717) is 13.1 Å². The van der Waals surface area contributed by atoms with E-state index >= 15 is 0 Å². The van der Waals surface area contributed by atoms with Gasteiger partial charge in [0.05, 0.1) is 6.54 Å². The van der Waals surface area contributed by atoms with Gasteiger partial charge in [0.25, 0.3) is 0 Å². The van der Waals surface area contributed by atoms with Crippen LogP contribution in [0.4, 0.5) is 0 Å². The molecule has 3 rings (SSSR count). The van der Waals surface area contributed by atoms with Crippen LogP contribution in [0.3, 0.4) is 0 Å². The summed E-state index contributed by atoms with van der Waals surface area (Å²) in [4.78, 5) is 31.6. The molecular weight excluding hydrogens is 376 g/mol. The van der Waals surface area contributed by atoms with E-state index in [1.807, 2.05) is 0 Å². The second-order valence-corrected chi connectivity index (χ2v) is 7.75. The molecule has 0 unspecified atom stereocenters. The number of hydrogen-bond acceptors (Lipinski definition) is 3. The van der Waals surface area contributed by atoms with Gasteiger partial charge in [0.15, 0.2) is 0 Å². The van der Waals surface area contributed by atoms with Crippen molar-refractivity contribution >= 4 is 34.3 Å². The maximum absolute atomic E-state index is 12.3. The number of hydrogen-bond donors (Lipinski definition) is 2. The first-order valence-corrected chi connectivity index (χ1v) is 10.5. The number of fused-ring (bicyclic) bond motifs is 1. The maximum atomic E-state index is 12.3. The van der Waals surface area contributed by atoms with E-state index in [1.54, 1.807) is 4.90 Å². The molecule has 7 heteroatoms. The van der Waals surface area contributed by atoms with Crippen LogP contribution in [0.1, 0.15) is 24.1 Å². The molecule has 28 heavy (non-hydrogen) atoms. The molecular formula is C21H29ClN4O2. The summed E-state index contributed by atoms with van der Waals surface area (Å²) in [5, 5.41) is 4.10. The Balaban J connectivity index is 1.45. The fraction of sp³-hybridized carbons (Fsp3) is 0.524. The maximum Gasteiger partial charge on any atom is 0.239 e. The van der Waals surface area contributed by atoms with Crippen molar-refractivity contribution in [1.82, 2.24) is 20.1 Å². The molecule has 0 spiro atoms. The van der Waals surface area contributed by atoms with Gasteiger partial charge in [0.2, 0.25) is 11.8 Å². The van der Waals surface area contributed by atoms with Crippen LogP contribution in [0.15, 0.2) is 24.3 Å². The lowest BCUT2D eigenvalue weighted by Crippen LogP contribution is -2.44. The molecule has 2 aromatic rings. The monoisotopic (exact) mass is 404 g/mol. The summed E-state index contributed by atoms with van der Waals surface area (Å²) in [6.45, 7) is 6.14. The van der Waals surface area contributed by atoms with E-state index in [2.05, 4.69) is 46.4 Å². The normalized spacial score (nSPS) is 14.5. The van der Waals surface area contributed by atoms with E-state index in [9.17, 15) is 9.59 Å². The number of aromatic nitrogens is 1. The third-order valence-corrected chi connectivity index (χ3v) is 5.46. The van der Waals surface area contributed by atoms with Gasteiger partial charge in [-0.3, -0.25) is 9.59 Å². The Kier molecular flexibility index (Phi) is 7.34. The molecule has 152 valence electrons. The zero-order valence-electron chi connectivity index (χ0n) is 16.5. The van der Waals surface area contributed by atoms with Crippen molar-refractivity contribution in [1.29, 1.82) is 0 Å². The van der Waals surface area contributed by atoms with Gasteiger partial charge in [-0.05, 0) is 56.4 Å². The number of aryl methyl sites for hydroxylation is 1. The molecule has 0 radical (unpaired) electrons. The first-order valence-electron chi connectivity index (χ1n) is 9.96. The highest BCUT2D eigenvalue weighted by molar-refractivity contribution is 6.27. The molecule has 1 aliphatic rings. The SMILES string of the molecule is Cc1ccc2[nH]c(CCNC(=O)CN(CCN3CCCC3)C(=O)CCl)cc2c1. The number of carbonyl (C=O) groups is 2. The minimum atomic E-state index is -0.193. The highest BCUT2D eigenvalue weighted by atomic mass is 35.5. The van der Waals surface area contributed by atoms with Gasteiger partial charge >= 0.3 is 0 Å². The van der Waals surface area contributed by atoms with Gasteiger partial charge in [0, 0.05) is 37.3 Å². The number of rotatable bonds is 9. The largest absolute Gasteiger partial charge is 0.358 e. The van der Waals surface area contributed by atoms with Crippen LogP contribution >= 0.6 is 11.6 Å². The Labute approximate surface area is 171 Å². The molecule has 0 aliphatic carbocycles. The van der Waals surface area contributed by atoms with E-state index in [0.717, 1.165) is 37.3 Å². The standard InChI is InChI=1S/C21H29ClN4O2/c1-16-4-5-19-17(12-16)13-18(24-19)6-7-23-20(27)15-26(21(28)14-22)11-10-25-8-2-3-9-25/h4-5,12-13,24H,2-3,6-11,14-15H2,1H3,(H,23,27). The topological polar surface area (TPSA) is 68.4 Å². The van der Waals surface area contributed by atoms with Crippen LogP contribution in [-0.2, 0) is 16.0 Å². The van der Waals surface area contributed by atoms with Crippen molar-refractivity contribution in [3.05, 3.63) is 35.5 Å². The number of nitrogens with one attached hydrogen (secondary N) is 2. The van der Waals surface area contributed by atoms with Crippen LogP contribution in [0.5, 0.6) is 0 Å². The molecule has 1 aromatic heterocycles. The van der Waals surface area contributed by atoms with Crippen molar-refractivity contribution in [2.45, 2.75) is 26.2 Å². The molecule has 1 saturated heterocycles. The molecule has 0 bridgehead atoms. The number of amides is 2. The zero-order chi connectivity index (χ0) is 19.9. The van der Waals surface area contributed by atoms with Crippen LogP contribution < -0.4 is 5.32 Å².